The van der Waals surface area contributed by atoms with E-state index in [2.05, 4.69) is 36.6 Å². The molecule has 2 heterocycles. The van der Waals surface area contributed by atoms with Gasteiger partial charge in [-0.05, 0) is 53.1 Å². The summed E-state index contributed by atoms with van der Waals surface area (Å²) in [7, 11) is 0. The van der Waals surface area contributed by atoms with Gasteiger partial charge in [0.25, 0.3) is 5.91 Å². The highest BCUT2D eigenvalue weighted by Gasteiger charge is 2.32. The number of ether oxygens (including phenoxy) is 1. The van der Waals surface area contributed by atoms with Gasteiger partial charge in [0.05, 0.1) is 6.04 Å². The fourth-order valence-corrected chi connectivity index (χ4v) is 4.57. The molecule has 0 saturated heterocycles. The first-order valence-corrected chi connectivity index (χ1v) is 10.3. The summed E-state index contributed by atoms with van der Waals surface area (Å²) >= 11 is 1.78. The molecule has 1 aromatic heterocycles. The van der Waals surface area contributed by atoms with Gasteiger partial charge in [-0.3, -0.25) is 4.79 Å². The third kappa shape index (κ3) is 3.76. The lowest BCUT2D eigenvalue weighted by molar-refractivity contribution is -0.135. The predicted molar refractivity (Wildman–Crippen MR) is 109 cm³/mol. The first kappa shape index (κ1) is 17.8. The number of benzene rings is 2. The molecule has 3 aromatic rings. The number of carbonyl (C=O) groups excluding carboxylic acids is 1. The number of aryl methyl sites for hydroxylation is 1. The van der Waals surface area contributed by atoms with E-state index in [0.717, 1.165) is 30.7 Å². The number of hydrogen-bond acceptors (Lipinski definition) is 3. The number of amides is 1. The summed E-state index contributed by atoms with van der Waals surface area (Å²) in [4.78, 5) is 16.4. The number of nitrogens with zero attached hydrogens (tertiary/aromatic N) is 1. The Bertz CT molecular complexity index is 919. The molecule has 0 spiro atoms. The van der Waals surface area contributed by atoms with Gasteiger partial charge in [-0.1, -0.05) is 49.4 Å². The first-order valence-electron chi connectivity index (χ1n) is 9.38. The van der Waals surface area contributed by atoms with E-state index in [4.69, 9.17) is 4.74 Å². The van der Waals surface area contributed by atoms with Crippen LogP contribution in [0.1, 0.15) is 34.5 Å². The number of carbonyl (C=O) groups is 1. The van der Waals surface area contributed by atoms with Crippen molar-refractivity contribution in [2.45, 2.75) is 25.8 Å². The molecule has 1 atom stereocenters. The van der Waals surface area contributed by atoms with Gasteiger partial charge in [0.2, 0.25) is 0 Å². The van der Waals surface area contributed by atoms with E-state index >= 15 is 0 Å². The van der Waals surface area contributed by atoms with Crippen LogP contribution in [0.5, 0.6) is 5.75 Å². The van der Waals surface area contributed by atoms with Crippen LogP contribution >= 0.6 is 11.3 Å². The average molecular weight is 378 g/mol. The third-order valence-electron chi connectivity index (χ3n) is 5.07. The maximum Gasteiger partial charge on any atom is 0.261 e. The second-order valence-electron chi connectivity index (χ2n) is 6.74. The van der Waals surface area contributed by atoms with E-state index < -0.39 is 0 Å². The zero-order valence-electron chi connectivity index (χ0n) is 15.4. The van der Waals surface area contributed by atoms with Gasteiger partial charge in [0.15, 0.2) is 6.61 Å². The zero-order chi connectivity index (χ0) is 18.6. The summed E-state index contributed by atoms with van der Waals surface area (Å²) < 4.78 is 5.83. The van der Waals surface area contributed by atoms with E-state index in [9.17, 15) is 4.79 Å². The maximum absolute atomic E-state index is 13.0. The summed E-state index contributed by atoms with van der Waals surface area (Å²) in [5.41, 5.74) is 3.61. The number of hydrogen-bond donors (Lipinski definition) is 0. The van der Waals surface area contributed by atoms with Crippen molar-refractivity contribution in [3.63, 3.8) is 0 Å². The molecule has 4 rings (SSSR count). The SMILES string of the molecule is CCc1cccc(OCC(=O)N2CCc3sccc3C2c2ccccc2)c1. The van der Waals surface area contributed by atoms with E-state index in [1.807, 2.05) is 41.3 Å². The fraction of sp³-hybridized carbons (Fsp3) is 0.261. The van der Waals surface area contributed by atoms with Crippen molar-refractivity contribution in [2.75, 3.05) is 13.2 Å². The van der Waals surface area contributed by atoms with Gasteiger partial charge in [0.1, 0.15) is 5.75 Å². The van der Waals surface area contributed by atoms with Crippen molar-refractivity contribution in [1.29, 1.82) is 0 Å². The maximum atomic E-state index is 13.0. The zero-order valence-corrected chi connectivity index (χ0v) is 16.2. The lowest BCUT2D eigenvalue weighted by atomic mass is 9.93. The highest BCUT2D eigenvalue weighted by Crippen LogP contribution is 2.37. The third-order valence-corrected chi connectivity index (χ3v) is 6.07. The van der Waals surface area contributed by atoms with E-state index in [1.165, 1.54) is 16.0 Å². The van der Waals surface area contributed by atoms with Crippen LogP contribution < -0.4 is 4.74 Å². The number of rotatable bonds is 5. The van der Waals surface area contributed by atoms with Crippen LogP contribution in [-0.4, -0.2) is 24.0 Å². The summed E-state index contributed by atoms with van der Waals surface area (Å²) in [6.45, 7) is 2.90. The second kappa shape index (κ2) is 7.97. The summed E-state index contributed by atoms with van der Waals surface area (Å²) in [6.07, 6.45) is 1.86. The summed E-state index contributed by atoms with van der Waals surface area (Å²) in [5.74, 6) is 0.787. The fourth-order valence-electron chi connectivity index (χ4n) is 3.66. The van der Waals surface area contributed by atoms with Gasteiger partial charge >= 0.3 is 0 Å². The normalized spacial score (nSPS) is 16.0. The Morgan fingerprint density at radius 3 is 2.81 bits per heavy atom. The van der Waals surface area contributed by atoms with E-state index in [1.54, 1.807) is 11.3 Å². The van der Waals surface area contributed by atoms with Crippen LogP contribution in [0, 0.1) is 0 Å². The largest absolute Gasteiger partial charge is 0.484 e. The van der Waals surface area contributed by atoms with Gasteiger partial charge < -0.3 is 9.64 Å². The van der Waals surface area contributed by atoms with Crippen molar-refractivity contribution in [1.82, 2.24) is 4.90 Å². The monoisotopic (exact) mass is 377 g/mol. The lowest BCUT2D eigenvalue weighted by Crippen LogP contribution is -2.42. The molecule has 1 amide bonds. The topological polar surface area (TPSA) is 29.5 Å². The highest BCUT2D eigenvalue weighted by molar-refractivity contribution is 7.10. The Morgan fingerprint density at radius 1 is 1.15 bits per heavy atom. The number of thiophene rings is 1. The van der Waals surface area contributed by atoms with Crippen LogP contribution in [0.3, 0.4) is 0 Å². The Hall–Kier alpha value is -2.59. The van der Waals surface area contributed by atoms with Gasteiger partial charge in [-0.2, -0.15) is 0 Å². The van der Waals surface area contributed by atoms with Crippen molar-refractivity contribution in [3.05, 3.63) is 87.6 Å². The van der Waals surface area contributed by atoms with E-state index in [0.29, 0.717) is 0 Å². The van der Waals surface area contributed by atoms with Crippen LogP contribution in [-0.2, 0) is 17.6 Å². The molecule has 138 valence electrons. The van der Waals surface area contributed by atoms with Crippen molar-refractivity contribution < 1.29 is 9.53 Å². The highest BCUT2D eigenvalue weighted by atomic mass is 32.1. The Balaban J connectivity index is 1.55. The molecule has 0 radical (unpaired) electrons. The minimum Gasteiger partial charge on any atom is -0.484 e. The van der Waals surface area contributed by atoms with Crippen molar-refractivity contribution in [3.8, 4) is 5.75 Å². The smallest absolute Gasteiger partial charge is 0.261 e. The molecular weight excluding hydrogens is 354 g/mol. The number of fused-ring (bicyclic) bond motifs is 1. The molecular formula is C23H23NO2S. The molecule has 1 aliphatic heterocycles. The van der Waals surface area contributed by atoms with Crippen molar-refractivity contribution >= 4 is 17.2 Å². The molecule has 4 heteroatoms. The molecule has 1 unspecified atom stereocenters. The van der Waals surface area contributed by atoms with Gasteiger partial charge in [0, 0.05) is 11.4 Å². The van der Waals surface area contributed by atoms with Crippen LogP contribution in [0.15, 0.2) is 66.0 Å². The summed E-state index contributed by atoms with van der Waals surface area (Å²) in [5, 5.41) is 2.13. The second-order valence-corrected chi connectivity index (χ2v) is 7.74. The van der Waals surface area contributed by atoms with Crippen LogP contribution in [0.2, 0.25) is 0 Å². The minimum absolute atomic E-state index is 0.0284. The van der Waals surface area contributed by atoms with Gasteiger partial charge in [-0.15, -0.1) is 11.3 Å². The van der Waals surface area contributed by atoms with Gasteiger partial charge in [-0.25, -0.2) is 0 Å². The molecule has 0 saturated carbocycles. The molecule has 1 aliphatic rings. The summed E-state index contributed by atoms with van der Waals surface area (Å²) in [6, 6.07) is 20.4. The Morgan fingerprint density at radius 2 is 2.00 bits per heavy atom. The molecule has 2 aromatic carbocycles. The Labute approximate surface area is 164 Å². The minimum atomic E-state index is -0.0284. The molecule has 27 heavy (non-hydrogen) atoms. The van der Waals surface area contributed by atoms with Crippen LogP contribution in [0.25, 0.3) is 0 Å². The lowest BCUT2D eigenvalue weighted by Gasteiger charge is -2.36. The average Bonchev–Trinajstić information content (AvgIpc) is 3.21. The standard InChI is InChI=1S/C23H23NO2S/c1-2-17-7-6-10-19(15-17)26-16-22(25)24-13-11-21-20(12-14-27-21)23(24)18-8-4-3-5-9-18/h3-10,12,14-15,23H,2,11,13,16H2,1H3. The quantitative estimate of drug-likeness (QED) is 0.635. The predicted octanol–water partition coefficient (Wildman–Crippen LogP) is 4.86. The molecule has 3 nitrogen and oxygen atoms in total. The molecule has 0 bridgehead atoms. The molecule has 0 aliphatic carbocycles. The van der Waals surface area contributed by atoms with Crippen LogP contribution in [0.4, 0.5) is 0 Å². The van der Waals surface area contributed by atoms with E-state index in [-0.39, 0.29) is 18.6 Å². The first-order chi connectivity index (χ1) is 13.3. The van der Waals surface area contributed by atoms with Crippen molar-refractivity contribution in [2.24, 2.45) is 0 Å². The molecule has 0 fully saturated rings. The Kier molecular flexibility index (Phi) is 5.26. The molecule has 0 N–H and O–H groups in total.